The highest BCUT2D eigenvalue weighted by Crippen LogP contribution is 2.28. The zero-order valence-electron chi connectivity index (χ0n) is 15.1. The number of carbonyl (C=O) groups excluding carboxylic acids is 1. The molecular weight excluding hydrogens is 352 g/mol. The number of hydrogen-bond acceptors (Lipinski definition) is 4. The zero-order valence-corrected chi connectivity index (χ0v) is 15.1. The molecule has 0 unspecified atom stereocenters. The van der Waals surface area contributed by atoms with Gasteiger partial charge in [0, 0.05) is 5.69 Å². The summed E-state index contributed by atoms with van der Waals surface area (Å²) in [6.45, 7) is 0. The minimum absolute atomic E-state index is 0.168. The number of hydrogen-bond donors (Lipinski definition) is 3. The van der Waals surface area contributed by atoms with Crippen molar-refractivity contribution in [2.75, 3.05) is 5.32 Å². The van der Waals surface area contributed by atoms with Crippen molar-refractivity contribution in [1.82, 2.24) is 10.7 Å². The van der Waals surface area contributed by atoms with Crippen LogP contribution in [0.3, 0.4) is 0 Å². The summed E-state index contributed by atoms with van der Waals surface area (Å²) < 4.78 is 5.91. The molecule has 0 saturated carbocycles. The molecule has 3 N–H and O–H groups in total. The van der Waals surface area contributed by atoms with Gasteiger partial charge in [-0.05, 0) is 23.3 Å². The number of para-hydroxylation sites is 1. The predicted octanol–water partition coefficient (Wildman–Crippen LogP) is 3.86. The third-order valence-electron chi connectivity index (χ3n) is 4.34. The number of amides is 2. The maximum Gasteiger partial charge on any atom is 0.323 e. The molecule has 4 rings (SSSR count). The van der Waals surface area contributed by atoms with Crippen molar-refractivity contribution in [1.29, 1.82) is 0 Å². The lowest BCUT2D eigenvalue weighted by molar-refractivity contribution is 0.150. The third-order valence-corrected chi connectivity index (χ3v) is 4.34. The summed E-state index contributed by atoms with van der Waals surface area (Å²) in [5.41, 5.74) is 5.65. The first-order valence-electron chi connectivity index (χ1n) is 9.02. The average Bonchev–Trinajstić information content (AvgIpc) is 3.18. The molecule has 28 heavy (non-hydrogen) atoms. The van der Waals surface area contributed by atoms with Crippen molar-refractivity contribution in [3.63, 3.8) is 0 Å². The molecule has 140 valence electrons. The van der Waals surface area contributed by atoms with E-state index in [9.17, 15) is 4.79 Å². The molecule has 0 saturated heterocycles. The first kappa shape index (κ1) is 17.6. The van der Waals surface area contributed by atoms with Gasteiger partial charge in [0.05, 0.1) is 5.92 Å². The Kier molecular flexibility index (Phi) is 5.20. The second-order valence-corrected chi connectivity index (χ2v) is 6.30. The van der Waals surface area contributed by atoms with Gasteiger partial charge in [0.2, 0.25) is 5.90 Å². The number of urea groups is 1. The minimum Gasteiger partial charge on any atom is -0.435 e. The lowest BCUT2D eigenvalue weighted by Crippen LogP contribution is -2.44. The molecule has 6 nitrogen and oxygen atoms in total. The molecule has 6 heteroatoms. The molecule has 1 aliphatic heterocycles. The van der Waals surface area contributed by atoms with Crippen molar-refractivity contribution in [2.24, 2.45) is 5.10 Å². The minimum atomic E-state index is -0.742. The van der Waals surface area contributed by atoms with Gasteiger partial charge in [-0.3, -0.25) is 10.7 Å². The summed E-state index contributed by atoms with van der Waals surface area (Å²) in [5, 5.41) is 9.80. The summed E-state index contributed by atoms with van der Waals surface area (Å²) in [7, 11) is 0. The van der Waals surface area contributed by atoms with E-state index in [0.717, 1.165) is 11.1 Å². The summed E-state index contributed by atoms with van der Waals surface area (Å²) in [6.07, 6.45) is -0.742. The molecule has 1 heterocycles. The van der Waals surface area contributed by atoms with Gasteiger partial charge < -0.3 is 10.1 Å². The maximum atomic E-state index is 12.2. The molecular formula is C22H20N4O2. The number of rotatable bonds is 5. The van der Waals surface area contributed by atoms with Crippen LogP contribution in [0.25, 0.3) is 0 Å². The molecule has 0 aromatic heterocycles. The molecule has 2 amide bonds. The monoisotopic (exact) mass is 372 g/mol. The molecule has 0 aliphatic carbocycles. The van der Waals surface area contributed by atoms with E-state index < -0.39 is 6.35 Å². The highest BCUT2D eigenvalue weighted by molar-refractivity contribution is 5.91. The Morgan fingerprint density at radius 1 is 0.857 bits per heavy atom. The van der Waals surface area contributed by atoms with Crippen LogP contribution in [0, 0.1) is 0 Å². The average molecular weight is 372 g/mol. The van der Waals surface area contributed by atoms with Crippen LogP contribution in [0.15, 0.2) is 96.1 Å². The zero-order chi connectivity index (χ0) is 19.2. The number of benzene rings is 3. The number of nitrogens with one attached hydrogen (secondary N) is 3. The lowest BCUT2D eigenvalue weighted by Gasteiger charge is -2.19. The SMILES string of the molecule is O=C(Nc1ccccc1)N[C@H]1NN=C(C(c2ccccc2)c2ccccc2)O1. The number of nitrogens with zero attached hydrogens (tertiary/aromatic N) is 1. The Labute approximate surface area is 163 Å². The largest absolute Gasteiger partial charge is 0.435 e. The predicted molar refractivity (Wildman–Crippen MR) is 109 cm³/mol. The van der Waals surface area contributed by atoms with Crippen LogP contribution in [0.5, 0.6) is 0 Å². The van der Waals surface area contributed by atoms with Crippen LogP contribution in [-0.4, -0.2) is 18.3 Å². The standard InChI is InChI=1S/C22H20N4O2/c27-21(23-18-14-8-3-9-15-18)24-22-26-25-20(28-22)19(16-10-4-1-5-11-16)17-12-6-2-7-13-17/h1-15,19,22,26H,(H2,23,24,27)/t22-/m0/s1. The van der Waals surface area contributed by atoms with Crippen LogP contribution < -0.4 is 16.1 Å². The van der Waals surface area contributed by atoms with Gasteiger partial charge in [-0.2, -0.15) is 0 Å². The smallest absolute Gasteiger partial charge is 0.323 e. The highest BCUT2D eigenvalue weighted by Gasteiger charge is 2.29. The summed E-state index contributed by atoms with van der Waals surface area (Å²) in [4.78, 5) is 12.2. The van der Waals surface area contributed by atoms with E-state index in [1.54, 1.807) is 0 Å². The second kappa shape index (κ2) is 8.26. The fraction of sp³-hybridized carbons (Fsp3) is 0.0909. The van der Waals surface area contributed by atoms with E-state index in [-0.39, 0.29) is 11.9 Å². The number of carbonyl (C=O) groups is 1. The van der Waals surface area contributed by atoms with E-state index in [0.29, 0.717) is 11.6 Å². The van der Waals surface area contributed by atoms with Crippen molar-refractivity contribution < 1.29 is 9.53 Å². The van der Waals surface area contributed by atoms with E-state index >= 15 is 0 Å². The molecule has 0 fully saturated rings. The first-order chi connectivity index (χ1) is 13.8. The van der Waals surface area contributed by atoms with E-state index in [4.69, 9.17) is 4.74 Å². The van der Waals surface area contributed by atoms with E-state index in [1.807, 2.05) is 91.0 Å². The van der Waals surface area contributed by atoms with Gasteiger partial charge in [-0.1, -0.05) is 78.9 Å². The Balaban J connectivity index is 1.45. The summed E-state index contributed by atoms with van der Waals surface area (Å²) in [5.74, 6) is 0.335. The van der Waals surface area contributed by atoms with E-state index in [1.165, 1.54) is 0 Å². The van der Waals surface area contributed by atoms with Gasteiger partial charge >= 0.3 is 6.03 Å². The normalized spacial score (nSPS) is 15.3. The van der Waals surface area contributed by atoms with E-state index in [2.05, 4.69) is 21.2 Å². The Morgan fingerprint density at radius 2 is 1.39 bits per heavy atom. The fourth-order valence-electron chi connectivity index (χ4n) is 3.07. The molecule has 1 atom stereocenters. The lowest BCUT2D eigenvalue weighted by atomic mass is 9.91. The van der Waals surface area contributed by atoms with Gasteiger partial charge in [-0.25, -0.2) is 4.79 Å². The fourth-order valence-corrected chi connectivity index (χ4v) is 3.07. The molecule has 0 radical (unpaired) electrons. The molecule has 0 bridgehead atoms. The number of hydrazone groups is 1. The number of anilines is 1. The van der Waals surface area contributed by atoms with Crippen molar-refractivity contribution in [2.45, 2.75) is 12.3 Å². The van der Waals surface area contributed by atoms with Gasteiger partial charge in [-0.15, -0.1) is 5.10 Å². The molecule has 0 spiro atoms. The van der Waals surface area contributed by atoms with Crippen LogP contribution in [0.1, 0.15) is 17.0 Å². The van der Waals surface area contributed by atoms with Gasteiger partial charge in [0.1, 0.15) is 0 Å². The molecule has 3 aromatic carbocycles. The van der Waals surface area contributed by atoms with Crippen LogP contribution >= 0.6 is 0 Å². The summed E-state index contributed by atoms with van der Waals surface area (Å²) in [6, 6.07) is 28.8. The molecule has 3 aromatic rings. The summed E-state index contributed by atoms with van der Waals surface area (Å²) >= 11 is 0. The van der Waals surface area contributed by atoms with Crippen molar-refractivity contribution in [3.05, 3.63) is 102 Å². The highest BCUT2D eigenvalue weighted by atomic mass is 16.5. The Morgan fingerprint density at radius 3 is 1.96 bits per heavy atom. The molecule has 1 aliphatic rings. The van der Waals surface area contributed by atoms with Gasteiger partial charge in [0.15, 0.2) is 0 Å². The van der Waals surface area contributed by atoms with Crippen molar-refractivity contribution in [3.8, 4) is 0 Å². The second-order valence-electron chi connectivity index (χ2n) is 6.30. The van der Waals surface area contributed by atoms with Crippen LogP contribution in [0.4, 0.5) is 10.5 Å². The van der Waals surface area contributed by atoms with Crippen molar-refractivity contribution >= 4 is 17.6 Å². The third kappa shape index (κ3) is 4.12. The quantitative estimate of drug-likeness (QED) is 0.637. The van der Waals surface area contributed by atoms with Crippen LogP contribution in [0.2, 0.25) is 0 Å². The topological polar surface area (TPSA) is 74.8 Å². The Hall–Kier alpha value is -3.80. The first-order valence-corrected chi connectivity index (χ1v) is 9.02. The van der Waals surface area contributed by atoms with Gasteiger partial charge in [0.25, 0.3) is 6.35 Å². The van der Waals surface area contributed by atoms with Crippen LogP contribution in [-0.2, 0) is 4.74 Å². The Bertz CT molecular complexity index is 907. The maximum absolute atomic E-state index is 12.2. The number of ether oxygens (including phenoxy) is 1.